The molecule has 0 saturated carbocycles. The van der Waals surface area contributed by atoms with Crippen LogP contribution in [0.5, 0.6) is 5.75 Å². The smallest absolute Gasteiger partial charge is 0.140 e. The Morgan fingerprint density at radius 2 is 2.00 bits per heavy atom. The first-order valence-electron chi connectivity index (χ1n) is 6.57. The van der Waals surface area contributed by atoms with E-state index >= 15 is 0 Å². The summed E-state index contributed by atoms with van der Waals surface area (Å²) in [4.78, 5) is 4.46. The van der Waals surface area contributed by atoms with Gasteiger partial charge in [-0.05, 0) is 35.4 Å². The lowest BCUT2D eigenvalue weighted by molar-refractivity contribution is 0.414. The van der Waals surface area contributed by atoms with Gasteiger partial charge in [0.25, 0.3) is 0 Å². The molecule has 0 fully saturated rings. The Morgan fingerprint density at radius 3 is 2.70 bits per heavy atom. The molecule has 0 aliphatic carbocycles. The first-order chi connectivity index (χ1) is 9.81. The average molecular weight is 267 g/mol. The molecule has 3 rings (SSSR count). The molecule has 0 unspecified atom stereocenters. The normalized spacial score (nSPS) is 10.9. The minimum Gasteiger partial charge on any atom is -0.497 e. The summed E-state index contributed by atoms with van der Waals surface area (Å²) in [6, 6.07) is 12.1. The molecule has 20 heavy (non-hydrogen) atoms. The van der Waals surface area contributed by atoms with Crippen molar-refractivity contribution in [3.63, 3.8) is 0 Å². The largest absolute Gasteiger partial charge is 0.497 e. The summed E-state index contributed by atoms with van der Waals surface area (Å²) in [6.45, 7) is 1.30. The zero-order chi connectivity index (χ0) is 13.9. The van der Waals surface area contributed by atoms with E-state index in [0.717, 1.165) is 28.9 Å². The van der Waals surface area contributed by atoms with Gasteiger partial charge in [0, 0.05) is 30.9 Å². The molecule has 4 heteroatoms. The molecule has 0 amide bonds. The van der Waals surface area contributed by atoms with Crippen LogP contribution in [0.3, 0.4) is 0 Å². The maximum Gasteiger partial charge on any atom is 0.140 e. The van der Waals surface area contributed by atoms with Crippen LogP contribution in [0.15, 0.2) is 48.8 Å². The molecule has 102 valence electrons. The molecule has 0 atom stereocenters. The molecule has 4 nitrogen and oxygen atoms in total. The summed E-state index contributed by atoms with van der Waals surface area (Å²) in [5.74, 6) is 0.867. The Hall–Kier alpha value is -2.33. The highest BCUT2D eigenvalue weighted by Crippen LogP contribution is 2.20. The number of ether oxygens (including phenoxy) is 1. The highest BCUT2D eigenvalue weighted by atomic mass is 16.5. The third-order valence-corrected chi connectivity index (χ3v) is 3.45. The van der Waals surface area contributed by atoms with Crippen molar-refractivity contribution in [1.29, 1.82) is 0 Å². The third kappa shape index (κ3) is 2.26. The Kier molecular flexibility index (Phi) is 3.39. The SMILES string of the molecule is COc1ccc(Cn2cc(CN)c3cccnc32)cc1. The van der Waals surface area contributed by atoms with Crippen molar-refractivity contribution in [3.8, 4) is 5.75 Å². The number of pyridine rings is 1. The van der Waals surface area contributed by atoms with Crippen molar-refractivity contribution in [2.24, 2.45) is 5.73 Å². The zero-order valence-corrected chi connectivity index (χ0v) is 11.4. The molecular formula is C16H17N3O. The first-order valence-corrected chi connectivity index (χ1v) is 6.57. The zero-order valence-electron chi connectivity index (χ0n) is 11.4. The lowest BCUT2D eigenvalue weighted by atomic mass is 10.2. The fourth-order valence-electron chi connectivity index (χ4n) is 2.41. The second-order valence-electron chi connectivity index (χ2n) is 4.71. The summed E-state index contributed by atoms with van der Waals surface area (Å²) in [7, 11) is 1.67. The summed E-state index contributed by atoms with van der Waals surface area (Å²) in [6.07, 6.45) is 3.90. The fraction of sp³-hybridized carbons (Fsp3) is 0.188. The highest BCUT2D eigenvalue weighted by Gasteiger charge is 2.08. The molecule has 0 aliphatic heterocycles. The van der Waals surface area contributed by atoms with E-state index in [-0.39, 0.29) is 0 Å². The summed E-state index contributed by atoms with van der Waals surface area (Å²) >= 11 is 0. The van der Waals surface area contributed by atoms with Crippen molar-refractivity contribution in [3.05, 3.63) is 59.9 Å². The number of hydrogen-bond donors (Lipinski definition) is 1. The van der Waals surface area contributed by atoms with Crippen molar-refractivity contribution < 1.29 is 4.74 Å². The quantitative estimate of drug-likeness (QED) is 0.790. The van der Waals surface area contributed by atoms with Crippen LogP contribution in [0.1, 0.15) is 11.1 Å². The van der Waals surface area contributed by atoms with Crippen molar-refractivity contribution in [1.82, 2.24) is 9.55 Å². The van der Waals surface area contributed by atoms with Gasteiger partial charge in [0.05, 0.1) is 7.11 Å². The molecule has 2 aromatic heterocycles. The molecule has 0 aliphatic rings. The van der Waals surface area contributed by atoms with Crippen LogP contribution >= 0.6 is 0 Å². The van der Waals surface area contributed by atoms with Crippen LogP contribution < -0.4 is 10.5 Å². The molecule has 0 saturated heterocycles. The summed E-state index contributed by atoms with van der Waals surface area (Å²) < 4.78 is 7.31. The predicted molar refractivity (Wildman–Crippen MR) is 79.7 cm³/mol. The van der Waals surface area contributed by atoms with Gasteiger partial charge in [0.15, 0.2) is 0 Å². The molecule has 0 spiro atoms. The monoisotopic (exact) mass is 267 g/mol. The number of benzene rings is 1. The number of aromatic nitrogens is 2. The Bertz CT molecular complexity index is 716. The summed E-state index contributed by atoms with van der Waals surface area (Å²) in [5.41, 5.74) is 9.11. The van der Waals surface area contributed by atoms with E-state index in [0.29, 0.717) is 6.54 Å². The molecule has 1 aromatic carbocycles. The summed E-state index contributed by atoms with van der Waals surface area (Å²) in [5, 5.41) is 1.13. The van der Waals surface area contributed by atoms with Gasteiger partial charge in [0.1, 0.15) is 11.4 Å². The first kappa shape index (κ1) is 12.7. The van der Waals surface area contributed by atoms with Gasteiger partial charge in [-0.15, -0.1) is 0 Å². The lowest BCUT2D eigenvalue weighted by Crippen LogP contribution is -1.99. The van der Waals surface area contributed by atoms with Crippen LogP contribution in [-0.4, -0.2) is 16.7 Å². The van der Waals surface area contributed by atoms with E-state index in [1.807, 2.05) is 24.4 Å². The van der Waals surface area contributed by atoms with E-state index in [2.05, 4.69) is 33.9 Å². The Balaban J connectivity index is 1.97. The average Bonchev–Trinajstić information content (AvgIpc) is 2.86. The number of fused-ring (bicyclic) bond motifs is 1. The van der Waals surface area contributed by atoms with Crippen molar-refractivity contribution >= 4 is 11.0 Å². The molecular weight excluding hydrogens is 250 g/mol. The van der Waals surface area contributed by atoms with Gasteiger partial charge in [-0.3, -0.25) is 0 Å². The fourth-order valence-corrected chi connectivity index (χ4v) is 2.41. The maximum atomic E-state index is 5.80. The third-order valence-electron chi connectivity index (χ3n) is 3.45. The van der Waals surface area contributed by atoms with Crippen molar-refractivity contribution in [2.45, 2.75) is 13.1 Å². The van der Waals surface area contributed by atoms with Gasteiger partial charge in [-0.1, -0.05) is 12.1 Å². The van der Waals surface area contributed by atoms with Crippen LogP contribution in [0.2, 0.25) is 0 Å². The molecule has 0 radical (unpaired) electrons. The number of hydrogen-bond acceptors (Lipinski definition) is 3. The van der Waals surface area contributed by atoms with Gasteiger partial charge in [0.2, 0.25) is 0 Å². The second kappa shape index (κ2) is 5.35. The van der Waals surface area contributed by atoms with Crippen LogP contribution in [-0.2, 0) is 13.1 Å². The minimum absolute atomic E-state index is 0.526. The van der Waals surface area contributed by atoms with Gasteiger partial charge >= 0.3 is 0 Å². The number of methoxy groups -OCH3 is 1. The van der Waals surface area contributed by atoms with Gasteiger partial charge in [-0.2, -0.15) is 0 Å². The van der Waals surface area contributed by atoms with E-state index in [1.165, 1.54) is 5.56 Å². The molecule has 2 heterocycles. The number of rotatable bonds is 4. The second-order valence-corrected chi connectivity index (χ2v) is 4.71. The van der Waals surface area contributed by atoms with Crippen LogP contribution in [0.25, 0.3) is 11.0 Å². The predicted octanol–water partition coefficient (Wildman–Crippen LogP) is 2.55. The van der Waals surface area contributed by atoms with Crippen LogP contribution in [0, 0.1) is 0 Å². The van der Waals surface area contributed by atoms with Crippen LogP contribution in [0.4, 0.5) is 0 Å². The Morgan fingerprint density at radius 1 is 1.20 bits per heavy atom. The molecule has 2 N–H and O–H groups in total. The minimum atomic E-state index is 0.526. The van der Waals surface area contributed by atoms with Gasteiger partial charge in [-0.25, -0.2) is 4.98 Å². The van der Waals surface area contributed by atoms with E-state index in [1.54, 1.807) is 7.11 Å². The van der Waals surface area contributed by atoms with E-state index in [4.69, 9.17) is 10.5 Å². The Labute approximate surface area is 117 Å². The van der Waals surface area contributed by atoms with Gasteiger partial charge < -0.3 is 15.0 Å². The standard InChI is InChI=1S/C16H17N3O/c1-20-14-6-4-12(5-7-14)10-19-11-13(9-17)15-3-2-8-18-16(15)19/h2-8,11H,9-10,17H2,1H3. The number of nitrogens with zero attached hydrogens (tertiary/aromatic N) is 2. The maximum absolute atomic E-state index is 5.80. The topological polar surface area (TPSA) is 53.1 Å². The lowest BCUT2D eigenvalue weighted by Gasteiger charge is -2.06. The van der Waals surface area contributed by atoms with Crippen molar-refractivity contribution in [2.75, 3.05) is 7.11 Å². The molecule has 0 bridgehead atoms. The molecule has 3 aromatic rings. The number of nitrogens with two attached hydrogens (primary N) is 1. The van der Waals surface area contributed by atoms with E-state index < -0.39 is 0 Å². The van der Waals surface area contributed by atoms with E-state index in [9.17, 15) is 0 Å². The highest BCUT2D eigenvalue weighted by molar-refractivity contribution is 5.80.